The highest BCUT2D eigenvalue weighted by atomic mass is 35.5. The van der Waals surface area contributed by atoms with Gasteiger partial charge in [-0.05, 0) is 79.7 Å². The number of nitrogens with one attached hydrogen (secondary N) is 1. The van der Waals surface area contributed by atoms with Gasteiger partial charge in [-0.15, -0.1) is 0 Å². The number of aromatic nitrogens is 1. The molecule has 1 amide bonds. The second kappa shape index (κ2) is 12.9. The maximum atomic E-state index is 14.4. The Bertz CT molecular complexity index is 1580. The second-order valence-corrected chi connectivity index (χ2v) is 11.5. The molecule has 0 saturated heterocycles. The molecule has 0 unspecified atom stereocenters. The first kappa shape index (κ1) is 28.9. The van der Waals surface area contributed by atoms with Crippen LogP contribution >= 0.6 is 23.2 Å². The van der Waals surface area contributed by atoms with Crippen LogP contribution in [0, 0.1) is 0 Å². The molecule has 0 aliphatic heterocycles. The van der Waals surface area contributed by atoms with E-state index in [0.717, 1.165) is 52.7 Å². The topological polar surface area (TPSA) is 37.3 Å². The van der Waals surface area contributed by atoms with Crippen molar-refractivity contribution in [3.05, 3.63) is 135 Å². The van der Waals surface area contributed by atoms with Crippen LogP contribution in [0.5, 0.6) is 0 Å². The number of amides is 1. The number of halogens is 2. The molecule has 0 spiro atoms. The van der Waals surface area contributed by atoms with Gasteiger partial charge in [-0.3, -0.25) is 4.79 Å². The predicted octanol–water partition coefficient (Wildman–Crippen LogP) is 8.89. The summed E-state index contributed by atoms with van der Waals surface area (Å²) in [6.07, 6.45) is 2.10. The maximum absolute atomic E-state index is 14.4. The third-order valence-corrected chi connectivity index (χ3v) is 7.95. The van der Waals surface area contributed by atoms with Crippen LogP contribution in [0.1, 0.15) is 52.0 Å². The molecule has 1 heterocycles. The smallest absolute Gasteiger partial charge is 0.272 e. The number of carbonyl (C=O) groups excluding carboxylic acids is 1. The zero-order valence-corrected chi connectivity index (χ0v) is 25.2. The van der Waals surface area contributed by atoms with E-state index >= 15 is 0 Å². The molecule has 0 bridgehead atoms. The zero-order chi connectivity index (χ0) is 28.9. The van der Waals surface area contributed by atoms with Crippen LogP contribution in [0.25, 0.3) is 10.9 Å². The van der Waals surface area contributed by atoms with Crippen molar-refractivity contribution in [1.29, 1.82) is 0 Å². The van der Waals surface area contributed by atoms with E-state index in [1.165, 1.54) is 5.56 Å². The van der Waals surface area contributed by atoms with Crippen molar-refractivity contribution < 1.29 is 4.79 Å². The van der Waals surface area contributed by atoms with Crippen molar-refractivity contribution >= 4 is 45.7 Å². The van der Waals surface area contributed by atoms with Crippen LogP contribution in [0.4, 0.5) is 5.69 Å². The van der Waals surface area contributed by atoms with Gasteiger partial charge in [-0.1, -0.05) is 91.1 Å². The molecule has 5 aromatic rings. The molecule has 0 saturated carbocycles. The summed E-state index contributed by atoms with van der Waals surface area (Å²) < 4.78 is 2.17. The first-order valence-electron chi connectivity index (χ1n) is 14.0. The Labute approximate surface area is 252 Å². The molecule has 0 aliphatic rings. The minimum atomic E-state index is -0.220. The van der Waals surface area contributed by atoms with Gasteiger partial charge in [0.25, 0.3) is 5.91 Å². The summed E-state index contributed by atoms with van der Waals surface area (Å²) in [5, 5.41) is 5.60. The standard InChI is InChI=1S/C35H35Cl2N3O/c1-4-7-24-10-20-29(21-11-24)38-35(41)34-33(30-8-5-6-9-31(30)40(34)23-22-39(2)3)32(25-12-16-27(36)17-13-25)26-14-18-28(37)19-15-26/h5-6,8-21,32H,4,7,22-23H2,1-3H3,(H,38,41). The van der Waals surface area contributed by atoms with E-state index in [9.17, 15) is 4.79 Å². The number of aryl methyl sites for hydroxylation is 1. The van der Waals surface area contributed by atoms with Gasteiger partial charge in [0.2, 0.25) is 0 Å². The van der Waals surface area contributed by atoms with Crippen molar-refractivity contribution in [1.82, 2.24) is 9.47 Å². The predicted molar refractivity (Wildman–Crippen MR) is 173 cm³/mol. The number of carbonyl (C=O) groups is 1. The average Bonchev–Trinajstić information content (AvgIpc) is 3.29. The van der Waals surface area contributed by atoms with E-state index in [2.05, 4.69) is 60.1 Å². The number of benzene rings is 4. The van der Waals surface area contributed by atoms with E-state index < -0.39 is 0 Å². The van der Waals surface area contributed by atoms with Crippen LogP contribution in [-0.2, 0) is 13.0 Å². The van der Waals surface area contributed by atoms with Gasteiger partial charge in [-0.25, -0.2) is 0 Å². The lowest BCUT2D eigenvalue weighted by Gasteiger charge is -2.22. The highest BCUT2D eigenvalue weighted by molar-refractivity contribution is 6.30. The first-order chi connectivity index (χ1) is 19.9. The number of rotatable bonds is 10. The van der Waals surface area contributed by atoms with Crippen molar-refractivity contribution in [2.75, 3.05) is 26.0 Å². The van der Waals surface area contributed by atoms with E-state index in [4.69, 9.17) is 23.2 Å². The molecule has 41 heavy (non-hydrogen) atoms. The highest BCUT2D eigenvalue weighted by Gasteiger charge is 2.30. The van der Waals surface area contributed by atoms with Gasteiger partial charge in [-0.2, -0.15) is 0 Å². The minimum absolute atomic E-state index is 0.133. The molecule has 6 heteroatoms. The molecule has 4 aromatic carbocycles. The number of nitrogens with zero attached hydrogens (tertiary/aromatic N) is 2. The van der Waals surface area contributed by atoms with Gasteiger partial charge < -0.3 is 14.8 Å². The lowest BCUT2D eigenvalue weighted by atomic mass is 9.83. The number of fused-ring (bicyclic) bond motifs is 1. The normalized spacial score (nSPS) is 11.5. The number of hydrogen-bond acceptors (Lipinski definition) is 2. The minimum Gasteiger partial charge on any atom is -0.335 e. The van der Waals surface area contributed by atoms with E-state index in [-0.39, 0.29) is 11.8 Å². The molecule has 0 aliphatic carbocycles. The maximum Gasteiger partial charge on any atom is 0.272 e. The summed E-state index contributed by atoms with van der Waals surface area (Å²) >= 11 is 12.6. The molecule has 1 aromatic heterocycles. The van der Waals surface area contributed by atoms with Crippen LogP contribution < -0.4 is 5.32 Å². The SMILES string of the molecule is CCCc1ccc(NC(=O)c2c(C(c3ccc(Cl)cc3)c3ccc(Cl)cc3)c3ccccc3n2CCN(C)C)cc1. The van der Waals surface area contributed by atoms with Gasteiger partial charge >= 0.3 is 0 Å². The summed E-state index contributed by atoms with van der Waals surface area (Å²) in [4.78, 5) is 16.5. The van der Waals surface area contributed by atoms with Crippen LogP contribution in [-0.4, -0.2) is 36.0 Å². The Kier molecular flexibility index (Phi) is 9.14. The Hall–Kier alpha value is -3.57. The molecule has 0 radical (unpaired) electrons. The third kappa shape index (κ3) is 6.51. The molecular weight excluding hydrogens is 549 g/mol. The van der Waals surface area contributed by atoms with E-state index in [0.29, 0.717) is 22.3 Å². The van der Waals surface area contributed by atoms with Gasteiger partial charge in [0, 0.05) is 51.2 Å². The van der Waals surface area contributed by atoms with E-state index in [1.54, 1.807) is 0 Å². The van der Waals surface area contributed by atoms with Gasteiger partial charge in [0.15, 0.2) is 0 Å². The fourth-order valence-corrected chi connectivity index (χ4v) is 5.72. The number of para-hydroxylation sites is 1. The summed E-state index contributed by atoms with van der Waals surface area (Å²) in [5.41, 5.74) is 6.78. The quantitative estimate of drug-likeness (QED) is 0.178. The fourth-order valence-electron chi connectivity index (χ4n) is 5.47. The lowest BCUT2D eigenvalue weighted by Crippen LogP contribution is -2.24. The summed E-state index contributed by atoms with van der Waals surface area (Å²) in [6.45, 7) is 3.62. The molecule has 1 N–H and O–H groups in total. The Morgan fingerprint density at radius 1 is 0.829 bits per heavy atom. The average molecular weight is 585 g/mol. The summed E-state index contributed by atoms with van der Waals surface area (Å²) in [5.74, 6) is -0.353. The molecule has 210 valence electrons. The van der Waals surface area contributed by atoms with Crippen molar-refractivity contribution in [2.45, 2.75) is 32.2 Å². The van der Waals surface area contributed by atoms with Crippen LogP contribution in [0.2, 0.25) is 10.0 Å². The molecule has 5 rings (SSSR count). The monoisotopic (exact) mass is 583 g/mol. The van der Waals surface area contributed by atoms with Crippen molar-refractivity contribution in [3.8, 4) is 0 Å². The van der Waals surface area contributed by atoms with Crippen LogP contribution in [0.3, 0.4) is 0 Å². The Morgan fingerprint density at radius 2 is 1.41 bits per heavy atom. The largest absolute Gasteiger partial charge is 0.335 e. The number of hydrogen-bond donors (Lipinski definition) is 1. The zero-order valence-electron chi connectivity index (χ0n) is 23.7. The summed E-state index contributed by atoms with van der Waals surface area (Å²) in [7, 11) is 4.10. The Balaban J connectivity index is 1.73. The van der Waals surface area contributed by atoms with Crippen molar-refractivity contribution in [3.63, 3.8) is 0 Å². The third-order valence-electron chi connectivity index (χ3n) is 7.44. The molecule has 0 fully saturated rings. The first-order valence-corrected chi connectivity index (χ1v) is 14.8. The number of likely N-dealkylation sites (N-methyl/N-ethyl adjacent to an activating group) is 1. The van der Waals surface area contributed by atoms with Gasteiger partial charge in [0.05, 0.1) is 0 Å². The fraction of sp³-hybridized carbons (Fsp3) is 0.229. The summed E-state index contributed by atoms with van der Waals surface area (Å²) in [6, 6.07) is 32.2. The number of anilines is 1. The second-order valence-electron chi connectivity index (χ2n) is 10.7. The Morgan fingerprint density at radius 3 is 1.98 bits per heavy atom. The molecule has 0 atom stereocenters. The van der Waals surface area contributed by atoms with Crippen molar-refractivity contribution in [2.24, 2.45) is 0 Å². The van der Waals surface area contributed by atoms with Gasteiger partial charge in [0.1, 0.15) is 5.69 Å². The van der Waals surface area contributed by atoms with E-state index in [1.807, 2.05) is 72.8 Å². The highest BCUT2D eigenvalue weighted by Crippen LogP contribution is 2.41. The van der Waals surface area contributed by atoms with Crippen LogP contribution in [0.15, 0.2) is 97.1 Å². The molecular formula is C35H35Cl2N3O. The lowest BCUT2D eigenvalue weighted by molar-refractivity contribution is 0.101. The molecule has 4 nitrogen and oxygen atoms in total.